The van der Waals surface area contributed by atoms with E-state index in [1.165, 1.54) is 0 Å². The number of benzene rings is 2. The van der Waals surface area contributed by atoms with Crippen molar-refractivity contribution in [2.75, 3.05) is 13.2 Å². The van der Waals surface area contributed by atoms with E-state index in [1.807, 2.05) is 50.2 Å². The van der Waals surface area contributed by atoms with Crippen molar-refractivity contribution in [3.8, 4) is 11.4 Å². The number of hydrogen-bond acceptors (Lipinski definition) is 5. The molecular formula is C25H25ClN4O3. The number of ether oxygens (including phenoxy) is 1. The zero-order valence-electron chi connectivity index (χ0n) is 18.5. The van der Waals surface area contributed by atoms with Gasteiger partial charge in [0.25, 0.3) is 5.89 Å². The first-order chi connectivity index (χ1) is 16.0. The first-order valence-electron chi connectivity index (χ1n) is 11.1. The zero-order valence-corrected chi connectivity index (χ0v) is 19.3. The number of hydrogen-bond donors (Lipinski definition) is 1. The minimum Gasteiger partial charge on any atom is -0.376 e. The van der Waals surface area contributed by atoms with Crippen molar-refractivity contribution in [2.24, 2.45) is 0 Å². The number of urea groups is 1. The molecule has 7 nitrogen and oxygen atoms in total. The molecule has 0 saturated carbocycles. The number of carbonyl (C=O) groups is 1. The minimum atomic E-state index is -0.411. The molecule has 1 N–H and O–H groups in total. The van der Waals surface area contributed by atoms with Crippen molar-refractivity contribution >= 4 is 23.2 Å². The number of allylic oxidation sites excluding steroid dienone is 1. The molecule has 5 rings (SSSR count). The SMILES string of the molecule is CC1=C(c2nc(-c3cccc(Cl)c3)no2)C(c2ccc(C)cc2)NC(=O)N1CC1CCCO1. The summed E-state index contributed by atoms with van der Waals surface area (Å²) in [7, 11) is 0. The minimum absolute atomic E-state index is 0.0209. The van der Waals surface area contributed by atoms with Crippen molar-refractivity contribution in [1.82, 2.24) is 20.4 Å². The third-order valence-electron chi connectivity index (χ3n) is 6.16. The maximum Gasteiger partial charge on any atom is 0.322 e. The Balaban J connectivity index is 1.57. The summed E-state index contributed by atoms with van der Waals surface area (Å²) in [5.41, 5.74) is 4.41. The highest BCUT2D eigenvalue weighted by molar-refractivity contribution is 6.30. The van der Waals surface area contributed by atoms with Crippen molar-refractivity contribution in [2.45, 2.75) is 38.8 Å². The number of carbonyl (C=O) groups excluding carboxylic acids is 1. The molecule has 33 heavy (non-hydrogen) atoms. The van der Waals surface area contributed by atoms with Crippen LogP contribution in [0.1, 0.15) is 42.8 Å². The van der Waals surface area contributed by atoms with Gasteiger partial charge in [0.1, 0.15) is 0 Å². The molecule has 0 radical (unpaired) electrons. The molecule has 3 aromatic rings. The summed E-state index contributed by atoms with van der Waals surface area (Å²) in [6.07, 6.45) is 1.97. The molecule has 2 aliphatic rings. The van der Waals surface area contributed by atoms with Crippen LogP contribution in [0.3, 0.4) is 0 Å². The predicted octanol–water partition coefficient (Wildman–Crippen LogP) is 5.37. The number of rotatable bonds is 5. The smallest absolute Gasteiger partial charge is 0.322 e. The molecule has 1 fully saturated rings. The lowest BCUT2D eigenvalue weighted by atomic mass is 9.94. The molecule has 0 spiro atoms. The highest BCUT2D eigenvalue weighted by Crippen LogP contribution is 2.38. The van der Waals surface area contributed by atoms with E-state index in [1.54, 1.807) is 17.0 Å². The van der Waals surface area contributed by atoms with Crippen molar-refractivity contribution in [3.05, 3.63) is 76.3 Å². The quantitative estimate of drug-likeness (QED) is 0.548. The summed E-state index contributed by atoms with van der Waals surface area (Å²) in [6.45, 7) is 5.17. The van der Waals surface area contributed by atoms with E-state index in [4.69, 9.17) is 20.9 Å². The number of nitrogens with zero attached hydrogens (tertiary/aromatic N) is 3. The van der Waals surface area contributed by atoms with Gasteiger partial charge < -0.3 is 14.6 Å². The molecule has 170 valence electrons. The van der Waals surface area contributed by atoms with E-state index >= 15 is 0 Å². The van der Waals surface area contributed by atoms with Crippen LogP contribution in [0.15, 0.2) is 58.8 Å². The van der Waals surface area contributed by atoms with Crippen LogP contribution >= 0.6 is 11.6 Å². The highest BCUT2D eigenvalue weighted by atomic mass is 35.5. The number of halogens is 1. The molecule has 2 unspecified atom stereocenters. The molecule has 2 aliphatic heterocycles. The molecule has 0 bridgehead atoms. The highest BCUT2D eigenvalue weighted by Gasteiger charge is 2.37. The van der Waals surface area contributed by atoms with Crippen LogP contribution in [-0.2, 0) is 4.74 Å². The molecule has 3 heterocycles. The topological polar surface area (TPSA) is 80.5 Å². The lowest BCUT2D eigenvalue weighted by Gasteiger charge is -2.36. The van der Waals surface area contributed by atoms with Crippen LogP contribution in [0, 0.1) is 6.92 Å². The summed E-state index contributed by atoms with van der Waals surface area (Å²) >= 11 is 6.14. The Kier molecular flexibility index (Phi) is 5.91. The summed E-state index contributed by atoms with van der Waals surface area (Å²) in [5, 5.41) is 7.93. The van der Waals surface area contributed by atoms with Gasteiger partial charge in [-0.3, -0.25) is 4.90 Å². The second-order valence-electron chi connectivity index (χ2n) is 8.47. The van der Waals surface area contributed by atoms with Gasteiger partial charge in [-0.15, -0.1) is 0 Å². The van der Waals surface area contributed by atoms with E-state index in [-0.39, 0.29) is 12.1 Å². The molecule has 2 amide bonds. The third kappa shape index (κ3) is 4.38. The maximum atomic E-state index is 13.1. The number of aromatic nitrogens is 2. The van der Waals surface area contributed by atoms with Crippen LogP contribution < -0.4 is 5.32 Å². The lowest BCUT2D eigenvalue weighted by molar-refractivity contribution is 0.0877. The summed E-state index contributed by atoms with van der Waals surface area (Å²) in [6, 6.07) is 14.8. The second kappa shape index (κ2) is 9.00. The number of aryl methyl sites for hydroxylation is 1. The maximum absolute atomic E-state index is 13.1. The van der Waals surface area contributed by atoms with Gasteiger partial charge >= 0.3 is 6.03 Å². The average Bonchev–Trinajstić information content (AvgIpc) is 3.49. The van der Waals surface area contributed by atoms with Gasteiger partial charge in [-0.05, 0) is 44.4 Å². The third-order valence-corrected chi connectivity index (χ3v) is 6.39. The molecule has 8 heteroatoms. The van der Waals surface area contributed by atoms with Crippen LogP contribution in [0.4, 0.5) is 4.79 Å². The lowest BCUT2D eigenvalue weighted by Crippen LogP contribution is -2.48. The van der Waals surface area contributed by atoms with Crippen LogP contribution in [0.2, 0.25) is 5.02 Å². The average molecular weight is 465 g/mol. The van der Waals surface area contributed by atoms with Gasteiger partial charge in [-0.2, -0.15) is 4.98 Å². The van der Waals surface area contributed by atoms with E-state index < -0.39 is 6.04 Å². The zero-order chi connectivity index (χ0) is 22.9. The molecule has 1 saturated heterocycles. The molecule has 2 atom stereocenters. The summed E-state index contributed by atoms with van der Waals surface area (Å²) in [4.78, 5) is 19.5. The predicted molar refractivity (Wildman–Crippen MR) is 125 cm³/mol. The van der Waals surface area contributed by atoms with Gasteiger partial charge in [-0.1, -0.05) is 58.7 Å². The van der Waals surface area contributed by atoms with Gasteiger partial charge in [0, 0.05) is 22.9 Å². The van der Waals surface area contributed by atoms with E-state index in [0.29, 0.717) is 23.3 Å². The van der Waals surface area contributed by atoms with Gasteiger partial charge in [0.2, 0.25) is 5.82 Å². The number of amides is 2. The van der Waals surface area contributed by atoms with Gasteiger partial charge in [-0.25, -0.2) is 4.79 Å². The Morgan fingerprint density at radius 3 is 2.73 bits per heavy atom. The van der Waals surface area contributed by atoms with Crippen LogP contribution in [-0.4, -0.2) is 40.3 Å². The normalized spacial score (nSPS) is 20.9. The Morgan fingerprint density at radius 1 is 1.18 bits per heavy atom. The first kappa shape index (κ1) is 21.7. The molecule has 1 aromatic heterocycles. The number of nitrogens with one attached hydrogen (secondary N) is 1. The molecular weight excluding hydrogens is 440 g/mol. The van der Waals surface area contributed by atoms with E-state index in [0.717, 1.165) is 47.4 Å². The summed E-state index contributed by atoms with van der Waals surface area (Å²) in [5.74, 6) is 0.809. The molecule has 2 aromatic carbocycles. The van der Waals surface area contributed by atoms with E-state index in [9.17, 15) is 4.79 Å². The Morgan fingerprint density at radius 2 is 2.00 bits per heavy atom. The molecule has 0 aliphatic carbocycles. The van der Waals surface area contributed by atoms with Crippen LogP contribution in [0.25, 0.3) is 17.0 Å². The first-order valence-corrected chi connectivity index (χ1v) is 11.4. The van der Waals surface area contributed by atoms with Gasteiger partial charge in [0.15, 0.2) is 0 Å². The monoisotopic (exact) mass is 464 g/mol. The van der Waals surface area contributed by atoms with Crippen molar-refractivity contribution < 1.29 is 14.1 Å². The largest absolute Gasteiger partial charge is 0.376 e. The van der Waals surface area contributed by atoms with Crippen LogP contribution in [0.5, 0.6) is 0 Å². The van der Waals surface area contributed by atoms with Crippen molar-refractivity contribution in [3.63, 3.8) is 0 Å². The van der Waals surface area contributed by atoms with Crippen molar-refractivity contribution in [1.29, 1.82) is 0 Å². The fraction of sp³-hybridized carbons (Fsp3) is 0.320. The fourth-order valence-electron chi connectivity index (χ4n) is 4.36. The Hall–Kier alpha value is -3.16. The fourth-order valence-corrected chi connectivity index (χ4v) is 4.55. The van der Waals surface area contributed by atoms with E-state index in [2.05, 4.69) is 15.5 Å². The Bertz CT molecular complexity index is 1200. The Labute approximate surface area is 197 Å². The summed E-state index contributed by atoms with van der Waals surface area (Å²) < 4.78 is 11.5. The van der Waals surface area contributed by atoms with Gasteiger partial charge in [0.05, 0.1) is 24.3 Å². The second-order valence-corrected chi connectivity index (χ2v) is 8.91. The standard InChI is InChI=1S/C25H25ClN4O3/c1-15-8-10-17(11-9-15)22-21(16(2)30(25(31)27-22)14-20-7-4-12-32-20)24-28-23(29-33-24)18-5-3-6-19(26)13-18/h3,5-6,8-11,13,20,22H,4,7,12,14H2,1-2H3,(H,27,31).